The van der Waals surface area contributed by atoms with Gasteiger partial charge in [-0.1, -0.05) is 64.9 Å². The number of benzene rings is 2. The van der Waals surface area contributed by atoms with Crippen LogP contribution in [0.25, 0.3) is 0 Å². The van der Waals surface area contributed by atoms with Crippen LogP contribution in [-0.4, -0.2) is 27.2 Å². The van der Waals surface area contributed by atoms with Crippen LogP contribution < -0.4 is 10.0 Å². The highest BCUT2D eigenvalue weighted by molar-refractivity contribution is 7.48. The van der Waals surface area contributed by atoms with E-state index in [2.05, 4.69) is 55.2 Å². The molecule has 25 heavy (non-hydrogen) atoms. The van der Waals surface area contributed by atoms with Crippen molar-refractivity contribution in [3.63, 3.8) is 0 Å². The Morgan fingerprint density at radius 3 is 2.40 bits per heavy atom. The van der Waals surface area contributed by atoms with Gasteiger partial charge in [-0.05, 0) is 29.8 Å². The first kappa shape index (κ1) is 19.6. The molecule has 0 fully saturated rings. The quantitative estimate of drug-likeness (QED) is 0.369. The number of aliphatic imine (C=N–C) groups is 1. The number of ether oxygens (including phenoxy) is 2. The summed E-state index contributed by atoms with van der Waals surface area (Å²) in [4.78, 5) is 4.22. The van der Waals surface area contributed by atoms with Crippen molar-refractivity contribution in [2.45, 2.75) is 31.8 Å². The van der Waals surface area contributed by atoms with Crippen LogP contribution in [0.1, 0.15) is 37.8 Å². The van der Waals surface area contributed by atoms with Crippen LogP contribution in [0.5, 0.6) is 5.75 Å². The van der Waals surface area contributed by atoms with Crippen molar-refractivity contribution in [3.8, 4) is 5.75 Å². The maximum atomic E-state index is 5.87. The number of para-hydroxylation sites is 1. The topological polar surface area (TPSA) is 30.8 Å². The van der Waals surface area contributed by atoms with Crippen molar-refractivity contribution >= 4 is 20.1 Å². The van der Waals surface area contributed by atoms with Crippen LogP contribution in [0.4, 0.5) is 0 Å². The molecule has 1 atom stereocenters. The van der Waals surface area contributed by atoms with Crippen LogP contribution in [0, 0.1) is 0 Å². The third-order valence-electron chi connectivity index (χ3n) is 4.54. The Morgan fingerprint density at radius 1 is 1.04 bits per heavy atom. The molecule has 0 radical (unpaired) electrons. The molecular formula is C21H28NO2P. The summed E-state index contributed by atoms with van der Waals surface area (Å²) < 4.78 is 11.0. The number of hydrogen-bond donors (Lipinski definition) is 0. The van der Waals surface area contributed by atoms with Gasteiger partial charge in [-0.25, -0.2) is 0 Å². The van der Waals surface area contributed by atoms with E-state index in [0.717, 1.165) is 18.6 Å². The maximum absolute atomic E-state index is 5.87. The zero-order valence-corrected chi connectivity index (χ0v) is 16.6. The molecule has 2 aromatic carbocycles. The second-order valence-electron chi connectivity index (χ2n) is 5.94. The zero-order chi connectivity index (χ0) is 18.1. The molecule has 2 aromatic rings. The Hall–Kier alpha value is -1.70. The van der Waals surface area contributed by atoms with Crippen LogP contribution >= 0.6 is 8.58 Å². The molecule has 0 bridgehead atoms. The zero-order valence-electron chi connectivity index (χ0n) is 15.6. The first-order valence-electron chi connectivity index (χ1n) is 8.71. The lowest BCUT2D eigenvalue weighted by molar-refractivity contribution is 0.0499. The van der Waals surface area contributed by atoms with Crippen molar-refractivity contribution in [3.05, 3.63) is 59.7 Å². The van der Waals surface area contributed by atoms with Gasteiger partial charge in [-0.3, -0.25) is 4.99 Å². The highest BCUT2D eigenvalue weighted by Crippen LogP contribution is 2.50. The number of hydrogen-bond acceptors (Lipinski definition) is 3. The predicted molar refractivity (Wildman–Crippen MR) is 109 cm³/mol. The van der Waals surface area contributed by atoms with E-state index in [9.17, 15) is 0 Å². The van der Waals surface area contributed by atoms with E-state index in [1.54, 1.807) is 7.11 Å². The van der Waals surface area contributed by atoms with Crippen molar-refractivity contribution in [1.82, 2.24) is 0 Å². The van der Waals surface area contributed by atoms with Crippen LogP contribution in [0.2, 0.25) is 0 Å². The fraction of sp³-hybridized carbons (Fsp3) is 0.381. The van der Waals surface area contributed by atoms with Crippen molar-refractivity contribution in [1.29, 1.82) is 0 Å². The third kappa shape index (κ3) is 4.68. The molecule has 0 aliphatic heterocycles. The van der Waals surface area contributed by atoms with E-state index >= 15 is 0 Å². The molecule has 0 saturated heterocycles. The average molecular weight is 357 g/mol. The Bertz CT molecular complexity index is 696. The number of rotatable bonds is 9. The van der Waals surface area contributed by atoms with E-state index in [1.165, 1.54) is 16.4 Å². The van der Waals surface area contributed by atoms with E-state index in [0.29, 0.717) is 8.58 Å². The predicted octanol–water partition coefficient (Wildman–Crippen LogP) is 4.74. The normalized spacial score (nSPS) is 12.3. The van der Waals surface area contributed by atoms with Crippen LogP contribution in [0.15, 0.2) is 53.5 Å². The molecule has 1 unspecified atom stereocenters. The monoisotopic (exact) mass is 357 g/mol. The summed E-state index contributed by atoms with van der Waals surface area (Å²) in [5, 5.41) is 1.39. The molecular weight excluding hydrogens is 329 g/mol. The SMILES string of the molecule is CCC(CC)(Pc1ccccc1/C=N/C)c1ccccc1OCOC. The summed E-state index contributed by atoms with van der Waals surface area (Å²) in [6.45, 7) is 4.79. The molecule has 0 amide bonds. The summed E-state index contributed by atoms with van der Waals surface area (Å²) in [6, 6.07) is 16.9. The van der Waals surface area contributed by atoms with Gasteiger partial charge in [-0.2, -0.15) is 0 Å². The van der Waals surface area contributed by atoms with Gasteiger partial charge in [0.05, 0.1) is 0 Å². The minimum atomic E-state index is 0.0437. The smallest absolute Gasteiger partial charge is 0.188 e. The van der Waals surface area contributed by atoms with Crippen molar-refractivity contribution in [2.75, 3.05) is 21.0 Å². The Kier molecular flexibility index (Phi) is 7.61. The number of methoxy groups -OCH3 is 1. The molecule has 0 heterocycles. The highest BCUT2D eigenvalue weighted by atomic mass is 31.1. The van der Waals surface area contributed by atoms with E-state index in [-0.39, 0.29) is 11.9 Å². The largest absolute Gasteiger partial charge is 0.467 e. The Morgan fingerprint density at radius 2 is 1.72 bits per heavy atom. The van der Waals surface area contributed by atoms with Gasteiger partial charge in [0.1, 0.15) is 5.75 Å². The minimum Gasteiger partial charge on any atom is -0.467 e. The van der Waals surface area contributed by atoms with Gasteiger partial charge in [-0.15, -0.1) is 0 Å². The highest BCUT2D eigenvalue weighted by Gasteiger charge is 2.32. The summed E-state index contributed by atoms with van der Waals surface area (Å²) in [5.41, 5.74) is 2.46. The van der Waals surface area contributed by atoms with E-state index < -0.39 is 0 Å². The summed E-state index contributed by atoms with van der Waals surface area (Å²) >= 11 is 0. The molecule has 4 heteroatoms. The first-order valence-corrected chi connectivity index (χ1v) is 9.71. The fourth-order valence-corrected chi connectivity index (χ4v) is 4.79. The van der Waals surface area contributed by atoms with Crippen LogP contribution in [-0.2, 0) is 9.89 Å². The molecule has 0 spiro atoms. The van der Waals surface area contributed by atoms with E-state index in [1.807, 2.05) is 25.4 Å². The molecule has 0 aromatic heterocycles. The first-order chi connectivity index (χ1) is 12.2. The minimum absolute atomic E-state index is 0.0437. The van der Waals surface area contributed by atoms with E-state index in [4.69, 9.17) is 9.47 Å². The van der Waals surface area contributed by atoms with Crippen molar-refractivity contribution < 1.29 is 9.47 Å². The fourth-order valence-electron chi connectivity index (χ4n) is 3.11. The standard InChI is InChI=1S/C21H28NO2P/c1-5-21(6-2,18-12-8-9-13-19(18)24-16-23-4)25-20-14-10-7-11-17(20)15-22-3/h7-15,25H,5-6,16H2,1-4H3/b22-15+. The lowest BCUT2D eigenvalue weighted by atomic mass is 9.92. The molecule has 0 N–H and O–H groups in total. The summed E-state index contributed by atoms with van der Waals surface area (Å²) in [7, 11) is 4.11. The Balaban J connectivity index is 2.46. The second-order valence-corrected chi connectivity index (χ2v) is 7.68. The molecule has 3 nitrogen and oxygen atoms in total. The van der Waals surface area contributed by atoms with Crippen molar-refractivity contribution in [2.24, 2.45) is 4.99 Å². The molecule has 0 aliphatic rings. The third-order valence-corrected chi connectivity index (χ3v) is 6.72. The molecule has 0 saturated carbocycles. The molecule has 0 aliphatic carbocycles. The van der Waals surface area contributed by atoms with Gasteiger partial charge in [0.2, 0.25) is 0 Å². The summed E-state index contributed by atoms with van der Waals surface area (Å²) in [6.07, 6.45) is 4.05. The second kappa shape index (κ2) is 9.70. The summed E-state index contributed by atoms with van der Waals surface area (Å²) in [5.74, 6) is 0.919. The van der Waals surface area contributed by atoms with Crippen LogP contribution in [0.3, 0.4) is 0 Å². The lowest BCUT2D eigenvalue weighted by Crippen LogP contribution is -2.24. The van der Waals surface area contributed by atoms with Gasteiger partial charge < -0.3 is 9.47 Å². The van der Waals surface area contributed by atoms with Gasteiger partial charge in [0, 0.05) is 31.1 Å². The van der Waals surface area contributed by atoms with Gasteiger partial charge in [0.25, 0.3) is 0 Å². The molecule has 2 rings (SSSR count). The average Bonchev–Trinajstić information content (AvgIpc) is 2.66. The van der Waals surface area contributed by atoms with Gasteiger partial charge in [0.15, 0.2) is 6.79 Å². The Labute approximate surface area is 153 Å². The van der Waals surface area contributed by atoms with Gasteiger partial charge >= 0.3 is 0 Å². The lowest BCUT2D eigenvalue weighted by Gasteiger charge is -2.34. The molecule has 134 valence electrons. The number of nitrogens with zero attached hydrogens (tertiary/aromatic N) is 1. The maximum Gasteiger partial charge on any atom is 0.188 e.